The van der Waals surface area contributed by atoms with E-state index in [2.05, 4.69) is 10.1 Å². The summed E-state index contributed by atoms with van der Waals surface area (Å²) in [6, 6.07) is 13.3. The van der Waals surface area contributed by atoms with Gasteiger partial charge in [0, 0.05) is 25.5 Å². The molecule has 3 aromatic rings. The number of rotatable bonds is 7. The topological polar surface area (TPSA) is 68.5 Å². The standard InChI is InChI=1S/C21H22FN3O3/c1-14(15-4-8-17(22)9-5-15)25(2)20(26)13-12-19-23-21(24-28-19)16-6-10-18(27-3)11-7-16/h4-11,14H,12-13H2,1-3H3. The summed E-state index contributed by atoms with van der Waals surface area (Å²) >= 11 is 0. The lowest BCUT2D eigenvalue weighted by Crippen LogP contribution is -2.29. The van der Waals surface area contributed by atoms with E-state index in [1.54, 1.807) is 31.2 Å². The number of carbonyl (C=O) groups is 1. The summed E-state index contributed by atoms with van der Waals surface area (Å²) in [6.07, 6.45) is 0.592. The van der Waals surface area contributed by atoms with Crippen LogP contribution in [-0.4, -0.2) is 35.1 Å². The molecule has 6 nitrogen and oxygen atoms in total. The molecular formula is C21H22FN3O3. The van der Waals surface area contributed by atoms with Crippen LogP contribution in [0.3, 0.4) is 0 Å². The monoisotopic (exact) mass is 383 g/mol. The van der Waals surface area contributed by atoms with Crippen LogP contribution in [0.15, 0.2) is 53.1 Å². The lowest BCUT2D eigenvalue weighted by Gasteiger charge is -2.25. The van der Waals surface area contributed by atoms with E-state index in [0.29, 0.717) is 18.1 Å². The first kappa shape index (κ1) is 19.5. The van der Waals surface area contributed by atoms with Crippen LogP contribution < -0.4 is 4.74 Å². The van der Waals surface area contributed by atoms with Crippen molar-refractivity contribution < 1.29 is 18.4 Å². The van der Waals surface area contributed by atoms with Crippen LogP contribution in [0.1, 0.15) is 30.8 Å². The number of nitrogens with zero attached hydrogens (tertiary/aromatic N) is 3. The summed E-state index contributed by atoms with van der Waals surface area (Å²) in [6.45, 7) is 1.90. The highest BCUT2D eigenvalue weighted by Gasteiger charge is 2.18. The van der Waals surface area contributed by atoms with Crippen LogP contribution in [0.4, 0.5) is 4.39 Å². The normalized spacial score (nSPS) is 11.9. The second-order valence-corrected chi connectivity index (χ2v) is 6.47. The molecule has 0 fully saturated rings. The Morgan fingerprint density at radius 3 is 2.50 bits per heavy atom. The molecule has 1 amide bonds. The molecule has 1 aromatic heterocycles. The fraction of sp³-hybridized carbons (Fsp3) is 0.286. The number of amides is 1. The maximum atomic E-state index is 13.1. The highest BCUT2D eigenvalue weighted by Crippen LogP contribution is 2.22. The zero-order valence-electron chi connectivity index (χ0n) is 16.1. The van der Waals surface area contributed by atoms with Crippen LogP contribution in [-0.2, 0) is 11.2 Å². The molecule has 7 heteroatoms. The Bertz CT molecular complexity index is 923. The van der Waals surface area contributed by atoms with Crippen molar-refractivity contribution in [1.29, 1.82) is 0 Å². The third-order valence-corrected chi connectivity index (χ3v) is 4.70. The van der Waals surface area contributed by atoms with Gasteiger partial charge in [-0.15, -0.1) is 0 Å². The Morgan fingerprint density at radius 1 is 1.18 bits per heavy atom. The zero-order chi connectivity index (χ0) is 20.1. The van der Waals surface area contributed by atoms with Crippen molar-refractivity contribution in [2.24, 2.45) is 0 Å². The molecular weight excluding hydrogens is 361 g/mol. The van der Waals surface area contributed by atoms with Crippen molar-refractivity contribution >= 4 is 5.91 Å². The largest absolute Gasteiger partial charge is 0.497 e. The molecule has 0 N–H and O–H groups in total. The minimum Gasteiger partial charge on any atom is -0.497 e. The Hall–Kier alpha value is -3.22. The third-order valence-electron chi connectivity index (χ3n) is 4.70. The summed E-state index contributed by atoms with van der Waals surface area (Å²) in [7, 11) is 3.33. The molecule has 0 aliphatic carbocycles. The van der Waals surface area contributed by atoms with E-state index in [9.17, 15) is 9.18 Å². The molecule has 0 spiro atoms. The van der Waals surface area contributed by atoms with Crippen LogP contribution in [0.25, 0.3) is 11.4 Å². The number of ether oxygens (including phenoxy) is 1. The van der Waals surface area contributed by atoms with Crippen LogP contribution in [0, 0.1) is 5.82 Å². The Labute approximate surface area is 162 Å². The molecule has 0 bridgehead atoms. The number of aromatic nitrogens is 2. The van der Waals surface area contributed by atoms with Gasteiger partial charge < -0.3 is 14.2 Å². The minimum absolute atomic E-state index is 0.0546. The van der Waals surface area contributed by atoms with E-state index in [4.69, 9.17) is 9.26 Å². The molecule has 0 aliphatic rings. The zero-order valence-corrected chi connectivity index (χ0v) is 16.1. The van der Waals surface area contributed by atoms with Gasteiger partial charge in [-0.25, -0.2) is 4.39 Å². The van der Waals surface area contributed by atoms with Gasteiger partial charge in [0.25, 0.3) is 0 Å². The predicted molar refractivity (Wildman–Crippen MR) is 102 cm³/mol. The molecule has 1 unspecified atom stereocenters. The highest BCUT2D eigenvalue weighted by atomic mass is 19.1. The van der Waals surface area contributed by atoms with Gasteiger partial charge >= 0.3 is 0 Å². The minimum atomic E-state index is -0.297. The van der Waals surface area contributed by atoms with Gasteiger partial charge in [-0.1, -0.05) is 17.3 Å². The molecule has 3 rings (SSSR count). The molecule has 146 valence electrons. The lowest BCUT2D eigenvalue weighted by molar-refractivity contribution is -0.131. The highest BCUT2D eigenvalue weighted by molar-refractivity contribution is 5.76. The van der Waals surface area contributed by atoms with Gasteiger partial charge in [-0.05, 0) is 48.9 Å². The van der Waals surface area contributed by atoms with Crippen molar-refractivity contribution in [1.82, 2.24) is 15.0 Å². The van der Waals surface area contributed by atoms with Crippen molar-refractivity contribution in [3.63, 3.8) is 0 Å². The van der Waals surface area contributed by atoms with Crippen LogP contribution in [0.2, 0.25) is 0 Å². The third kappa shape index (κ3) is 4.54. The number of benzene rings is 2. The fourth-order valence-corrected chi connectivity index (χ4v) is 2.78. The molecule has 0 aliphatic heterocycles. The van der Waals surface area contributed by atoms with Crippen molar-refractivity contribution in [2.45, 2.75) is 25.8 Å². The fourth-order valence-electron chi connectivity index (χ4n) is 2.78. The van der Waals surface area contributed by atoms with E-state index in [0.717, 1.165) is 16.9 Å². The number of carbonyl (C=O) groups excluding carboxylic acids is 1. The van der Waals surface area contributed by atoms with E-state index < -0.39 is 0 Å². The summed E-state index contributed by atoms with van der Waals surface area (Å²) in [4.78, 5) is 18.5. The van der Waals surface area contributed by atoms with E-state index >= 15 is 0 Å². The Morgan fingerprint density at radius 2 is 1.86 bits per heavy atom. The summed E-state index contributed by atoms with van der Waals surface area (Å²) in [5.41, 5.74) is 1.68. The SMILES string of the molecule is COc1ccc(-c2noc(CCC(=O)N(C)C(C)c3ccc(F)cc3)n2)cc1. The van der Waals surface area contributed by atoms with Gasteiger partial charge in [0.15, 0.2) is 0 Å². The molecule has 0 saturated carbocycles. The molecule has 1 atom stereocenters. The average Bonchev–Trinajstić information content (AvgIpc) is 3.20. The number of hydrogen-bond donors (Lipinski definition) is 0. The second-order valence-electron chi connectivity index (χ2n) is 6.47. The molecule has 1 heterocycles. The van der Waals surface area contributed by atoms with Gasteiger partial charge in [0.05, 0.1) is 13.2 Å². The first-order chi connectivity index (χ1) is 13.5. The second kappa shape index (κ2) is 8.65. The maximum absolute atomic E-state index is 13.1. The molecule has 2 aromatic carbocycles. The molecule has 0 saturated heterocycles. The van der Waals surface area contributed by atoms with Gasteiger partial charge in [0.1, 0.15) is 11.6 Å². The van der Waals surface area contributed by atoms with Gasteiger partial charge in [-0.2, -0.15) is 4.98 Å². The van der Waals surface area contributed by atoms with Crippen LogP contribution in [0.5, 0.6) is 5.75 Å². The van der Waals surface area contributed by atoms with E-state index in [1.165, 1.54) is 12.1 Å². The van der Waals surface area contributed by atoms with Gasteiger partial charge in [0.2, 0.25) is 17.6 Å². The van der Waals surface area contributed by atoms with Crippen molar-refractivity contribution in [2.75, 3.05) is 14.2 Å². The first-order valence-corrected chi connectivity index (χ1v) is 8.96. The average molecular weight is 383 g/mol. The number of hydrogen-bond acceptors (Lipinski definition) is 5. The quantitative estimate of drug-likeness (QED) is 0.616. The maximum Gasteiger partial charge on any atom is 0.227 e. The Balaban J connectivity index is 1.58. The van der Waals surface area contributed by atoms with Crippen molar-refractivity contribution in [3.8, 4) is 17.1 Å². The first-order valence-electron chi connectivity index (χ1n) is 8.96. The lowest BCUT2D eigenvalue weighted by atomic mass is 10.1. The van der Waals surface area contributed by atoms with Crippen molar-refractivity contribution in [3.05, 3.63) is 65.8 Å². The number of halogens is 1. The van der Waals surface area contributed by atoms with E-state index in [-0.39, 0.29) is 24.2 Å². The van der Waals surface area contributed by atoms with E-state index in [1.807, 2.05) is 31.2 Å². The van der Waals surface area contributed by atoms with Crippen LogP contribution >= 0.6 is 0 Å². The van der Waals surface area contributed by atoms with Gasteiger partial charge in [-0.3, -0.25) is 4.79 Å². The summed E-state index contributed by atoms with van der Waals surface area (Å²) in [5, 5.41) is 3.97. The Kier molecular flexibility index (Phi) is 6.03. The number of aryl methyl sites for hydroxylation is 1. The summed E-state index contributed by atoms with van der Waals surface area (Å²) in [5.74, 6) is 1.27. The predicted octanol–water partition coefficient (Wildman–Crippen LogP) is 4.04. The molecule has 28 heavy (non-hydrogen) atoms. The molecule has 0 radical (unpaired) electrons. The smallest absolute Gasteiger partial charge is 0.227 e. The summed E-state index contributed by atoms with van der Waals surface area (Å²) < 4.78 is 23.5. The number of methoxy groups -OCH3 is 1.